The van der Waals surface area contributed by atoms with E-state index in [-0.39, 0.29) is 5.92 Å². The number of benzene rings is 1. The van der Waals surface area contributed by atoms with Gasteiger partial charge in [0.25, 0.3) is 0 Å². The van der Waals surface area contributed by atoms with Crippen LogP contribution in [0.4, 0.5) is 0 Å². The standard InChI is InChI=1S/C15H21NO2S/c1-11(12-3-5-14(19-2)6-4-12)16-9-7-13(8-10-16)15(17)18/h3-6,11,13H,7-10H2,1-2H3,(H,17,18). The molecule has 0 radical (unpaired) electrons. The van der Waals surface area contributed by atoms with Gasteiger partial charge in [-0.2, -0.15) is 0 Å². The minimum atomic E-state index is -0.642. The molecule has 1 aromatic rings. The Balaban J connectivity index is 1.96. The van der Waals surface area contributed by atoms with Crippen LogP contribution in [0.15, 0.2) is 29.2 Å². The van der Waals surface area contributed by atoms with Crippen LogP contribution in [0.5, 0.6) is 0 Å². The quantitative estimate of drug-likeness (QED) is 0.859. The molecule has 1 aliphatic rings. The summed E-state index contributed by atoms with van der Waals surface area (Å²) in [6, 6.07) is 9.03. The highest BCUT2D eigenvalue weighted by atomic mass is 32.2. The average Bonchev–Trinajstić information content (AvgIpc) is 2.46. The van der Waals surface area contributed by atoms with E-state index in [2.05, 4.69) is 42.3 Å². The first-order valence-electron chi connectivity index (χ1n) is 6.72. The lowest BCUT2D eigenvalue weighted by Gasteiger charge is -2.35. The van der Waals surface area contributed by atoms with Gasteiger partial charge in [-0.15, -0.1) is 11.8 Å². The second kappa shape index (κ2) is 6.44. The van der Waals surface area contributed by atoms with Gasteiger partial charge < -0.3 is 5.11 Å². The van der Waals surface area contributed by atoms with Crippen molar-refractivity contribution in [2.24, 2.45) is 5.92 Å². The zero-order valence-electron chi connectivity index (χ0n) is 11.5. The number of nitrogens with zero attached hydrogens (tertiary/aromatic N) is 1. The van der Waals surface area contributed by atoms with Crippen LogP contribution >= 0.6 is 11.8 Å². The average molecular weight is 279 g/mol. The number of carboxylic acids is 1. The van der Waals surface area contributed by atoms with E-state index >= 15 is 0 Å². The molecule has 1 aliphatic heterocycles. The molecular formula is C15H21NO2S. The Labute approximate surface area is 119 Å². The van der Waals surface area contributed by atoms with Crippen LogP contribution in [-0.2, 0) is 4.79 Å². The molecule has 104 valence electrons. The molecule has 2 rings (SSSR count). The fraction of sp³-hybridized carbons (Fsp3) is 0.533. The summed E-state index contributed by atoms with van der Waals surface area (Å²) in [5, 5.41) is 9.02. The van der Waals surface area contributed by atoms with Crippen molar-refractivity contribution in [1.82, 2.24) is 4.90 Å². The predicted octanol–water partition coefficient (Wildman–Crippen LogP) is 3.27. The van der Waals surface area contributed by atoms with E-state index in [0.717, 1.165) is 25.9 Å². The molecule has 1 unspecified atom stereocenters. The zero-order chi connectivity index (χ0) is 13.8. The summed E-state index contributed by atoms with van der Waals surface area (Å²) >= 11 is 1.75. The Bertz CT molecular complexity index is 424. The molecule has 0 saturated carbocycles. The van der Waals surface area contributed by atoms with Gasteiger partial charge in [-0.25, -0.2) is 0 Å². The van der Waals surface area contributed by atoms with Crippen molar-refractivity contribution in [1.29, 1.82) is 0 Å². The summed E-state index contributed by atoms with van der Waals surface area (Å²) in [7, 11) is 0. The molecule has 1 saturated heterocycles. The van der Waals surface area contributed by atoms with Gasteiger partial charge in [0.1, 0.15) is 0 Å². The normalized spacial score (nSPS) is 19.3. The molecule has 3 nitrogen and oxygen atoms in total. The largest absolute Gasteiger partial charge is 0.481 e. The van der Waals surface area contributed by atoms with E-state index in [1.807, 2.05) is 0 Å². The zero-order valence-corrected chi connectivity index (χ0v) is 12.3. The van der Waals surface area contributed by atoms with E-state index in [1.54, 1.807) is 11.8 Å². The van der Waals surface area contributed by atoms with Crippen molar-refractivity contribution in [3.05, 3.63) is 29.8 Å². The number of hydrogen-bond acceptors (Lipinski definition) is 3. The maximum Gasteiger partial charge on any atom is 0.306 e. The van der Waals surface area contributed by atoms with Crippen LogP contribution in [0.3, 0.4) is 0 Å². The first-order chi connectivity index (χ1) is 9.11. The number of hydrogen-bond donors (Lipinski definition) is 1. The molecule has 1 fully saturated rings. The van der Waals surface area contributed by atoms with Gasteiger partial charge in [-0.05, 0) is 56.8 Å². The maximum atomic E-state index is 11.0. The maximum absolute atomic E-state index is 11.0. The summed E-state index contributed by atoms with van der Waals surface area (Å²) in [6.45, 7) is 3.96. The van der Waals surface area contributed by atoms with Gasteiger partial charge in [-0.1, -0.05) is 12.1 Å². The minimum Gasteiger partial charge on any atom is -0.481 e. The summed E-state index contributed by atoms with van der Waals surface area (Å²) in [5.74, 6) is -0.793. The summed E-state index contributed by atoms with van der Waals surface area (Å²) in [6.07, 6.45) is 3.61. The number of rotatable bonds is 4. The summed E-state index contributed by atoms with van der Waals surface area (Å²) in [5.41, 5.74) is 1.31. The SMILES string of the molecule is CSc1ccc(C(C)N2CCC(C(=O)O)CC2)cc1. The smallest absolute Gasteiger partial charge is 0.306 e. The minimum absolute atomic E-state index is 0.151. The lowest BCUT2D eigenvalue weighted by Crippen LogP contribution is -2.37. The molecule has 0 aliphatic carbocycles. The van der Waals surface area contributed by atoms with E-state index in [4.69, 9.17) is 5.11 Å². The van der Waals surface area contributed by atoms with Gasteiger partial charge in [-0.3, -0.25) is 9.69 Å². The van der Waals surface area contributed by atoms with Gasteiger partial charge in [0.2, 0.25) is 0 Å². The Morgan fingerprint density at radius 2 is 1.89 bits per heavy atom. The van der Waals surface area contributed by atoms with Crippen LogP contribution < -0.4 is 0 Å². The molecule has 0 bridgehead atoms. The highest BCUT2D eigenvalue weighted by Crippen LogP contribution is 2.27. The van der Waals surface area contributed by atoms with Crippen molar-refractivity contribution in [3.8, 4) is 0 Å². The Kier molecular flexibility index (Phi) is 4.88. The molecule has 1 aromatic carbocycles. The Morgan fingerprint density at radius 1 is 1.32 bits per heavy atom. The monoisotopic (exact) mass is 279 g/mol. The third kappa shape index (κ3) is 3.51. The Morgan fingerprint density at radius 3 is 2.37 bits per heavy atom. The van der Waals surface area contributed by atoms with Crippen LogP contribution in [0.25, 0.3) is 0 Å². The van der Waals surface area contributed by atoms with E-state index in [1.165, 1.54) is 10.5 Å². The van der Waals surface area contributed by atoms with Gasteiger partial charge in [0.15, 0.2) is 0 Å². The second-order valence-corrected chi connectivity index (χ2v) is 5.98. The van der Waals surface area contributed by atoms with Crippen molar-refractivity contribution >= 4 is 17.7 Å². The molecule has 0 amide bonds. The van der Waals surface area contributed by atoms with Crippen molar-refractivity contribution in [2.45, 2.75) is 30.7 Å². The van der Waals surface area contributed by atoms with Crippen LogP contribution in [-0.4, -0.2) is 35.3 Å². The molecule has 0 aromatic heterocycles. The predicted molar refractivity (Wildman–Crippen MR) is 78.6 cm³/mol. The lowest BCUT2D eigenvalue weighted by atomic mass is 9.95. The molecule has 1 heterocycles. The van der Waals surface area contributed by atoms with Gasteiger partial charge in [0.05, 0.1) is 5.92 Å². The third-order valence-corrected chi connectivity index (χ3v) is 4.77. The van der Waals surface area contributed by atoms with Crippen molar-refractivity contribution in [3.63, 3.8) is 0 Å². The third-order valence-electron chi connectivity index (χ3n) is 4.02. The lowest BCUT2D eigenvalue weighted by molar-refractivity contribution is -0.143. The van der Waals surface area contributed by atoms with Gasteiger partial charge in [0, 0.05) is 10.9 Å². The van der Waals surface area contributed by atoms with Crippen molar-refractivity contribution in [2.75, 3.05) is 19.3 Å². The van der Waals surface area contributed by atoms with Gasteiger partial charge >= 0.3 is 5.97 Å². The first-order valence-corrected chi connectivity index (χ1v) is 7.95. The highest BCUT2D eigenvalue weighted by Gasteiger charge is 2.27. The van der Waals surface area contributed by atoms with E-state index < -0.39 is 5.97 Å². The number of thioether (sulfide) groups is 1. The number of aliphatic carboxylic acids is 1. The molecule has 1 atom stereocenters. The molecular weight excluding hydrogens is 258 g/mol. The Hall–Kier alpha value is -1.00. The van der Waals surface area contributed by atoms with Crippen LogP contribution in [0.2, 0.25) is 0 Å². The number of carboxylic acid groups (broad SMARTS) is 1. The fourth-order valence-electron chi connectivity index (χ4n) is 2.63. The molecule has 19 heavy (non-hydrogen) atoms. The van der Waals surface area contributed by atoms with Crippen molar-refractivity contribution < 1.29 is 9.90 Å². The fourth-order valence-corrected chi connectivity index (χ4v) is 3.04. The molecule has 1 N–H and O–H groups in total. The van der Waals surface area contributed by atoms with E-state index in [0.29, 0.717) is 6.04 Å². The topological polar surface area (TPSA) is 40.5 Å². The number of piperidine rings is 1. The molecule has 0 spiro atoms. The van der Waals surface area contributed by atoms with Crippen LogP contribution in [0.1, 0.15) is 31.4 Å². The van der Waals surface area contributed by atoms with E-state index in [9.17, 15) is 4.79 Å². The number of carbonyl (C=O) groups is 1. The second-order valence-electron chi connectivity index (χ2n) is 5.10. The summed E-state index contributed by atoms with van der Waals surface area (Å²) in [4.78, 5) is 14.6. The highest BCUT2D eigenvalue weighted by molar-refractivity contribution is 7.98. The van der Waals surface area contributed by atoms with Crippen LogP contribution in [0, 0.1) is 5.92 Å². The number of likely N-dealkylation sites (tertiary alicyclic amines) is 1. The molecule has 4 heteroatoms. The summed E-state index contributed by atoms with van der Waals surface area (Å²) < 4.78 is 0. The first kappa shape index (κ1) is 14.4.